The van der Waals surface area contributed by atoms with E-state index in [0.29, 0.717) is 6.07 Å². The van der Waals surface area contributed by atoms with E-state index in [2.05, 4.69) is 15.5 Å². The molecule has 1 amide bonds. The molecule has 0 fully saturated rings. The van der Waals surface area contributed by atoms with Gasteiger partial charge in [-0.05, 0) is 26.8 Å². The molecule has 2 aromatic rings. The molecule has 6 nitrogen and oxygen atoms in total. The van der Waals surface area contributed by atoms with Crippen LogP contribution in [-0.4, -0.2) is 32.4 Å². The topological polar surface area (TPSA) is 75.6 Å². The number of hydrogen-bond donors (Lipinski definition) is 2. The van der Waals surface area contributed by atoms with Crippen molar-refractivity contribution in [3.63, 3.8) is 0 Å². The van der Waals surface area contributed by atoms with Gasteiger partial charge in [0.05, 0.1) is 11.7 Å². The first kappa shape index (κ1) is 16.1. The molecule has 0 aliphatic heterocycles. The van der Waals surface area contributed by atoms with Gasteiger partial charge < -0.3 is 5.32 Å². The van der Waals surface area contributed by atoms with Crippen LogP contribution < -0.4 is 5.32 Å². The number of amides is 1. The van der Waals surface area contributed by atoms with Crippen LogP contribution in [0, 0.1) is 13.8 Å². The number of H-pyrrole nitrogens is 1. The quantitative estimate of drug-likeness (QED) is 0.908. The first-order valence-corrected chi connectivity index (χ1v) is 6.62. The Kier molecular flexibility index (Phi) is 4.25. The number of nitrogens with zero attached hydrogens (tertiary/aromatic N) is 3. The number of aromatic nitrogens is 4. The molecule has 2 heterocycles. The fourth-order valence-electron chi connectivity index (χ4n) is 2.09. The van der Waals surface area contributed by atoms with E-state index in [4.69, 9.17) is 0 Å². The maximum Gasteiger partial charge on any atom is 0.432 e. The molecule has 1 atom stereocenters. The molecule has 2 aromatic heterocycles. The van der Waals surface area contributed by atoms with E-state index in [0.717, 1.165) is 11.4 Å². The van der Waals surface area contributed by atoms with E-state index >= 15 is 0 Å². The van der Waals surface area contributed by atoms with Crippen molar-refractivity contribution in [2.75, 3.05) is 6.54 Å². The Hall–Kier alpha value is -2.32. The highest BCUT2D eigenvalue weighted by Gasteiger charge is 2.33. The Morgan fingerprint density at radius 2 is 2.09 bits per heavy atom. The van der Waals surface area contributed by atoms with E-state index in [1.807, 2.05) is 26.8 Å². The highest BCUT2D eigenvalue weighted by Crippen LogP contribution is 2.27. The summed E-state index contributed by atoms with van der Waals surface area (Å²) in [7, 11) is 0. The molecule has 0 spiro atoms. The number of carbonyl (C=O) groups excluding carboxylic acids is 1. The van der Waals surface area contributed by atoms with Crippen LogP contribution in [0.2, 0.25) is 0 Å². The minimum Gasteiger partial charge on any atom is -0.349 e. The average Bonchev–Trinajstić information content (AvgIpc) is 3.01. The maximum absolute atomic E-state index is 12.4. The molecule has 0 aliphatic carbocycles. The van der Waals surface area contributed by atoms with Gasteiger partial charge in [0.1, 0.15) is 5.69 Å². The number of nitrogens with one attached hydrogen (secondary N) is 2. The zero-order valence-corrected chi connectivity index (χ0v) is 12.3. The molecule has 0 radical (unpaired) electrons. The van der Waals surface area contributed by atoms with Gasteiger partial charge in [0.15, 0.2) is 5.69 Å². The molecule has 0 saturated heterocycles. The number of hydrogen-bond acceptors (Lipinski definition) is 3. The van der Waals surface area contributed by atoms with Crippen LogP contribution in [0.1, 0.15) is 40.5 Å². The molecule has 22 heavy (non-hydrogen) atoms. The van der Waals surface area contributed by atoms with Crippen LogP contribution >= 0.6 is 0 Å². The fraction of sp³-hybridized carbons (Fsp3) is 0.462. The molecule has 0 aromatic carbocycles. The summed E-state index contributed by atoms with van der Waals surface area (Å²) in [6.07, 6.45) is -4.55. The average molecular weight is 315 g/mol. The molecular formula is C13H16F3N5O. The minimum atomic E-state index is -4.55. The lowest BCUT2D eigenvalue weighted by molar-refractivity contribution is -0.141. The van der Waals surface area contributed by atoms with Gasteiger partial charge in [-0.3, -0.25) is 14.6 Å². The van der Waals surface area contributed by atoms with Gasteiger partial charge >= 0.3 is 6.18 Å². The summed E-state index contributed by atoms with van der Waals surface area (Å²) in [6.45, 7) is 5.83. The minimum absolute atomic E-state index is 0.126. The Morgan fingerprint density at radius 3 is 2.59 bits per heavy atom. The van der Waals surface area contributed by atoms with Crippen LogP contribution in [0.15, 0.2) is 12.1 Å². The van der Waals surface area contributed by atoms with E-state index < -0.39 is 17.8 Å². The van der Waals surface area contributed by atoms with Crippen molar-refractivity contribution in [2.24, 2.45) is 0 Å². The van der Waals surface area contributed by atoms with Gasteiger partial charge in [0, 0.05) is 18.3 Å². The van der Waals surface area contributed by atoms with Crippen molar-refractivity contribution >= 4 is 5.91 Å². The van der Waals surface area contributed by atoms with Crippen molar-refractivity contribution in [1.82, 2.24) is 25.3 Å². The third-order valence-electron chi connectivity index (χ3n) is 3.14. The summed E-state index contributed by atoms with van der Waals surface area (Å²) in [6, 6.07) is 2.46. The molecule has 2 rings (SSSR count). The van der Waals surface area contributed by atoms with Gasteiger partial charge in [-0.1, -0.05) is 0 Å². The number of rotatable bonds is 4. The Morgan fingerprint density at radius 1 is 1.41 bits per heavy atom. The summed E-state index contributed by atoms with van der Waals surface area (Å²) >= 11 is 0. The van der Waals surface area contributed by atoms with Crippen molar-refractivity contribution in [3.8, 4) is 0 Å². The van der Waals surface area contributed by atoms with Crippen LogP contribution in [-0.2, 0) is 6.18 Å². The number of carbonyl (C=O) groups is 1. The monoisotopic (exact) mass is 315 g/mol. The molecule has 2 N–H and O–H groups in total. The lowest BCUT2D eigenvalue weighted by atomic mass is 10.3. The number of aryl methyl sites for hydroxylation is 2. The highest BCUT2D eigenvalue weighted by atomic mass is 19.4. The molecule has 0 aliphatic rings. The highest BCUT2D eigenvalue weighted by molar-refractivity contribution is 5.92. The molecule has 0 saturated carbocycles. The Balaban J connectivity index is 1.98. The SMILES string of the molecule is Cc1cc(C)n(C(C)CNC(=O)c2cc(C(F)(F)F)[nH]n2)n1. The number of halogens is 3. The van der Waals surface area contributed by atoms with Gasteiger partial charge in [0.25, 0.3) is 5.91 Å². The van der Waals surface area contributed by atoms with Crippen molar-refractivity contribution in [2.45, 2.75) is 33.0 Å². The maximum atomic E-state index is 12.4. The smallest absolute Gasteiger partial charge is 0.349 e. The summed E-state index contributed by atoms with van der Waals surface area (Å²) in [5.74, 6) is -0.667. The van der Waals surface area contributed by atoms with E-state index in [1.165, 1.54) is 0 Å². The molecule has 120 valence electrons. The second-order valence-electron chi connectivity index (χ2n) is 5.10. The van der Waals surface area contributed by atoms with Crippen LogP contribution in [0.3, 0.4) is 0 Å². The normalized spacial score (nSPS) is 13.2. The predicted octanol–water partition coefficient (Wildman–Crippen LogP) is 2.23. The Bertz CT molecular complexity index is 674. The van der Waals surface area contributed by atoms with Crippen molar-refractivity contribution < 1.29 is 18.0 Å². The second-order valence-corrected chi connectivity index (χ2v) is 5.10. The van der Waals surface area contributed by atoms with E-state index in [-0.39, 0.29) is 18.3 Å². The summed E-state index contributed by atoms with van der Waals surface area (Å²) in [5, 5.41) is 12.0. The standard InChI is InChI=1S/C13H16F3N5O/c1-7-4-8(2)21(20-7)9(3)6-17-12(22)10-5-11(19-18-10)13(14,15)16/h4-5,9H,6H2,1-3H3,(H,17,22)(H,18,19). The lowest BCUT2D eigenvalue weighted by Gasteiger charge is -2.14. The van der Waals surface area contributed by atoms with Crippen LogP contribution in [0.5, 0.6) is 0 Å². The number of aromatic amines is 1. The molecule has 0 bridgehead atoms. The van der Waals surface area contributed by atoms with Gasteiger partial charge in [0.2, 0.25) is 0 Å². The van der Waals surface area contributed by atoms with Gasteiger partial charge in [-0.2, -0.15) is 23.4 Å². The molecule has 9 heteroatoms. The van der Waals surface area contributed by atoms with Gasteiger partial charge in [-0.25, -0.2) is 0 Å². The lowest BCUT2D eigenvalue weighted by Crippen LogP contribution is -2.30. The fourth-order valence-corrected chi connectivity index (χ4v) is 2.09. The zero-order chi connectivity index (χ0) is 16.5. The summed E-state index contributed by atoms with van der Waals surface area (Å²) in [5.41, 5.74) is 0.452. The zero-order valence-electron chi connectivity index (χ0n) is 12.3. The van der Waals surface area contributed by atoms with E-state index in [9.17, 15) is 18.0 Å². The summed E-state index contributed by atoms with van der Waals surface area (Å²) in [4.78, 5) is 11.8. The predicted molar refractivity (Wildman–Crippen MR) is 72.3 cm³/mol. The first-order chi connectivity index (χ1) is 10.2. The third kappa shape index (κ3) is 3.46. The third-order valence-corrected chi connectivity index (χ3v) is 3.14. The molecular weight excluding hydrogens is 299 g/mol. The van der Waals surface area contributed by atoms with Crippen molar-refractivity contribution in [3.05, 3.63) is 34.9 Å². The van der Waals surface area contributed by atoms with Crippen LogP contribution in [0.4, 0.5) is 13.2 Å². The van der Waals surface area contributed by atoms with Crippen LogP contribution in [0.25, 0.3) is 0 Å². The van der Waals surface area contributed by atoms with E-state index in [1.54, 1.807) is 9.78 Å². The second kappa shape index (κ2) is 5.82. The first-order valence-electron chi connectivity index (χ1n) is 6.62. The van der Waals surface area contributed by atoms with Crippen molar-refractivity contribution in [1.29, 1.82) is 0 Å². The Labute approximate surface area is 124 Å². The summed E-state index contributed by atoms with van der Waals surface area (Å²) < 4.78 is 39.0. The molecule has 1 unspecified atom stereocenters. The number of alkyl halides is 3. The largest absolute Gasteiger partial charge is 0.432 e. The van der Waals surface area contributed by atoms with Gasteiger partial charge in [-0.15, -0.1) is 0 Å².